The Labute approximate surface area is 166 Å². The number of rotatable bonds is 4. The Kier molecular flexibility index (Phi) is 4.58. The van der Waals surface area contributed by atoms with Crippen molar-refractivity contribution in [3.63, 3.8) is 0 Å². The molecule has 29 heavy (non-hydrogen) atoms. The van der Waals surface area contributed by atoms with E-state index >= 15 is 0 Å². The second-order valence-electron chi connectivity index (χ2n) is 7.01. The molecule has 4 rings (SSSR count). The SMILES string of the molecule is CCCn1c2c(c(=O)n(C)c1=O)C(=O)/C(=C/c1ccc3cc(OC)ccc3c1)N2. The number of nitrogens with one attached hydrogen (secondary N) is 1. The maximum absolute atomic E-state index is 12.9. The quantitative estimate of drug-likeness (QED) is 0.692. The average molecular weight is 391 g/mol. The van der Waals surface area contributed by atoms with E-state index in [1.807, 2.05) is 43.3 Å². The third kappa shape index (κ3) is 3.04. The zero-order chi connectivity index (χ0) is 20.7. The summed E-state index contributed by atoms with van der Waals surface area (Å²) in [6.45, 7) is 2.35. The van der Waals surface area contributed by atoms with Crippen LogP contribution in [0.15, 0.2) is 51.7 Å². The predicted octanol–water partition coefficient (Wildman–Crippen LogP) is 2.77. The van der Waals surface area contributed by atoms with Crippen LogP contribution in [0.2, 0.25) is 0 Å². The van der Waals surface area contributed by atoms with Crippen molar-refractivity contribution in [3.05, 3.63) is 74.1 Å². The van der Waals surface area contributed by atoms with Crippen molar-refractivity contribution >= 4 is 28.4 Å². The number of ketones is 1. The first-order valence-corrected chi connectivity index (χ1v) is 9.39. The molecule has 0 atom stereocenters. The molecule has 0 fully saturated rings. The first-order valence-electron chi connectivity index (χ1n) is 9.39. The zero-order valence-corrected chi connectivity index (χ0v) is 16.5. The lowest BCUT2D eigenvalue weighted by atomic mass is 10.1. The number of hydrogen-bond acceptors (Lipinski definition) is 5. The Morgan fingerprint density at radius 1 is 1.07 bits per heavy atom. The summed E-state index contributed by atoms with van der Waals surface area (Å²) in [4.78, 5) is 37.9. The van der Waals surface area contributed by atoms with Crippen LogP contribution in [0.25, 0.3) is 16.8 Å². The number of fused-ring (bicyclic) bond motifs is 2. The molecule has 1 N–H and O–H groups in total. The fraction of sp³-hybridized carbons (Fsp3) is 0.227. The van der Waals surface area contributed by atoms with E-state index in [-0.39, 0.29) is 17.1 Å². The molecule has 1 aliphatic heterocycles. The lowest BCUT2D eigenvalue weighted by Gasteiger charge is -2.11. The Morgan fingerprint density at radius 2 is 1.79 bits per heavy atom. The Balaban J connectivity index is 1.80. The minimum Gasteiger partial charge on any atom is -0.497 e. The zero-order valence-electron chi connectivity index (χ0n) is 16.5. The van der Waals surface area contributed by atoms with Gasteiger partial charge in [0.2, 0.25) is 5.78 Å². The van der Waals surface area contributed by atoms with Gasteiger partial charge in [0.1, 0.15) is 17.1 Å². The van der Waals surface area contributed by atoms with Crippen molar-refractivity contribution in [2.24, 2.45) is 7.05 Å². The predicted molar refractivity (Wildman–Crippen MR) is 113 cm³/mol. The number of nitrogens with zero attached hydrogens (tertiary/aromatic N) is 2. The van der Waals surface area contributed by atoms with E-state index in [1.54, 1.807) is 13.2 Å². The van der Waals surface area contributed by atoms with Crippen LogP contribution in [-0.4, -0.2) is 22.0 Å². The molecule has 0 saturated heterocycles. The number of aromatic nitrogens is 2. The highest BCUT2D eigenvalue weighted by Gasteiger charge is 2.32. The average Bonchev–Trinajstić information content (AvgIpc) is 3.05. The van der Waals surface area contributed by atoms with Gasteiger partial charge < -0.3 is 10.1 Å². The van der Waals surface area contributed by atoms with Crippen LogP contribution in [0.1, 0.15) is 29.3 Å². The molecule has 148 valence electrons. The number of allylic oxidation sites excluding steroid dienone is 1. The molecule has 3 aromatic rings. The standard InChI is InChI=1S/C22H21N3O4/c1-4-9-25-20-18(21(27)24(2)22(25)28)19(26)17(23-20)11-13-5-6-15-12-16(29-3)8-7-14(15)10-13/h5-8,10-12,23H,4,9H2,1-3H3/b17-11-. The van der Waals surface area contributed by atoms with Gasteiger partial charge in [0.25, 0.3) is 5.56 Å². The number of anilines is 1. The summed E-state index contributed by atoms with van der Waals surface area (Å²) in [6.07, 6.45) is 2.40. The van der Waals surface area contributed by atoms with Crippen LogP contribution in [0.4, 0.5) is 5.82 Å². The number of methoxy groups -OCH3 is 1. The molecular weight excluding hydrogens is 370 g/mol. The summed E-state index contributed by atoms with van der Waals surface area (Å²) >= 11 is 0. The van der Waals surface area contributed by atoms with Gasteiger partial charge in [-0.2, -0.15) is 0 Å². The molecule has 0 saturated carbocycles. The highest BCUT2D eigenvalue weighted by atomic mass is 16.5. The molecule has 7 nitrogen and oxygen atoms in total. The van der Waals surface area contributed by atoms with E-state index in [0.717, 1.165) is 26.7 Å². The fourth-order valence-corrected chi connectivity index (χ4v) is 3.58. The normalized spacial score (nSPS) is 14.3. The van der Waals surface area contributed by atoms with Gasteiger partial charge in [-0.1, -0.05) is 25.1 Å². The molecule has 1 aliphatic rings. The van der Waals surface area contributed by atoms with E-state index in [2.05, 4.69) is 5.32 Å². The third-order valence-electron chi connectivity index (χ3n) is 5.10. The number of ether oxygens (including phenoxy) is 1. The lowest BCUT2D eigenvalue weighted by Crippen LogP contribution is -2.40. The minimum atomic E-state index is -0.580. The molecule has 0 aliphatic carbocycles. The van der Waals surface area contributed by atoms with Gasteiger partial charge in [0.15, 0.2) is 0 Å². The van der Waals surface area contributed by atoms with Gasteiger partial charge in [-0.3, -0.25) is 18.7 Å². The molecule has 0 radical (unpaired) electrons. The van der Waals surface area contributed by atoms with Crippen LogP contribution < -0.4 is 21.3 Å². The van der Waals surface area contributed by atoms with Crippen molar-refractivity contribution in [2.75, 3.05) is 12.4 Å². The van der Waals surface area contributed by atoms with Crippen LogP contribution in [0, 0.1) is 0 Å². The smallest absolute Gasteiger partial charge is 0.332 e. The van der Waals surface area contributed by atoms with E-state index in [1.165, 1.54) is 11.6 Å². The summed E-state index contributed by atoms with van der Waals surface area (Å²) in [5, 5.41) is 5.02. The van der Waals surface area contributed by atoms with Crippen LogP contribution in [0.5, 0.6) is 5.75 Å². The van der Waals surface area contributed by atoms with Gasteiger partial charge in [-0.15, -0.1) is 0 Å². The second kappa shape index (κ2) is 7.09. The van der Waals surface area contributed by atoms with E-state index in [0.29, 0.717) is 13.0 Å². The van der Waals surface area contributed by atoms with Gasteiger partial charge in [-0.05, 0) is 47.0 Å². The van der Waals surface area contributed by atoms with Crippen molar-refractivity contribution in [1.29, 1.82) is 0 Å². The van der Waals surface area contributed by atoms with Crippen LogP contribution in [0.3, 0.4) is 0 Å². The Bertz CT molecular complexity index is 1300. The summed E-state index contributed by atoms with van der Waals surface area (Å²) in [6, 6.07) is 11.6. The van der Waals surface area contributed by atoms with Crippen molar-refractivity contribution < 1.29 is 9.53 Å². The second-order valence-corrected chi connectivity index (χ2v) is 7.01. The van der Waals surface area contributed by atoms with Gasteiger partial charge in [-0.25, -0.2) is 4.79 Å². The molecule has 0 spiro atoms. The third-order valence-corrected chi connectivity index (χ3v) is 5.10. The number of Topliss-reactive ketones (excluding diaryl/α,β-unsaturated/α-hetero) is 1. The molecule has 0 amide bonds. The molecule has 1 aromatic heterocycles. The number of carbonyl (C=O) groups is 1. The maximum atomic E-state index is 12.9. The summed E-state index contributed by atoms with van der Waals surface area (Å²) in [5.74, 6) is 0.651. The lowest BCUT2D eigenvalue weighted by molar-refractivity contribution is 0.104. The van der Waals surface area contributed by atoms with Crippen LogP contribution >= 0.6 is 0 Å². The molecule has 0 bridgehead atoms. The van der Waals surface area contributed by atoms with Crippen molar-refractivity contribution in [3.8, 4) is 5.75 Å². The van der Waals surface area contributed by atoms with Gasteiger partial charge >= 0.3 is 5.69 Å². The first kappa shape index (κ1) is 18.7. The highest BCUT2D eigenvalue weighted by Crippen LogP contribution is 2.27. The van der Waals surface area contributed by atoms with Crippen molar-refractivity contribution in [2.45, 2.75) is 19.9 Å². The van der Waals surface area contributed by atoms with E-state index in [9.17, 15) is 14.4 Å². The monoisotopic (exact) mass is 391 g/mol. The van der Waals surface area contributed by atoms with E-state index < -0.39 is 17.0 Å². The highest BCUT2D eigenvalue weighted by molar-refractivity contribution is 6.19. The first-order chi connectivity index (χ1) is 13.9. The summed E-state index contributed by atoms with van der Waals surface area (Å²) in [5.41, 5.74) is 0.0888. The molecule has 2 heterocycles. The molecule has 2 aromatic carbocycles. The fourth-order valence-electron chi connectivity index (χ4n) is 3.58. The Morgan fingerprint density at radius 3 is 2.52 bits per heavy atom. The maximum Gasteiger partial charge on any atom is 0.332 e. The topological polar surface area (TPSA) is 82.3 Å². The Hall–Kier alpha value is -3.61. The minimum absolute atomic E-state index is 0.0114. The van der Waals surface area contributed by atoms with Gasteiger partial charge in [0.05, 0.1) is 12.8 Å². The van der Waals surface area contributed by atoms with Crippen molar-refractivity contribution in [1.82, 2.24) is 9.13 Å². The molecule has 0 unspecified atom stereocenters. The van der Waals surface area contributed by atoms with E-state index in [4.69, 9.17) is 4.74 Å². The van der Waals surface area contributed by atoms with Crippen LogP contribution in [-0.2, 0) is 13.6 Å². The number of benzene rings is 2. The largest absolute Gasteiger partial charge is 0.497 e. The summed E-state index contributed by atoms with van der Waals surface area (Å²) < 4.78 is 7.68. The summed E-state index contributed by atoms with van der Waals surface area (Å²) in [7, 11) is 3.01. The molecule has 7 heteroatoms. The van der Waals surface area contributed by atoms with Gasteiger partial charge in [0, 0.05) is 13.6 Å². The number of carbonyl (C=O) groups excluding carboxylic acids is 1. The number of hydrogen-bond donors (Lipinski definition) is 1. The molecular formula is C22H21N3O4.